The predicted octanol–water partition coefficient (Wildman–Crippen LogP) is 0.578. The van der Waals surface area contributed by atoms with Crippen molar-refractivity contribution in [3.8, 4) is 0 Å². The highest BCUT2D eigenvalue weighted by Gasteiger charge is 2.18. The van der Waals surface area contributed by atoms with Gasteiger partial charge in [0.2, 0.25) is 5.82 Å². The molecular formula is C13H16N4O3S. The summed E-state index contributed by atoms with van der Waals surface area (Å²) in [5.74, 6) is -0.682. The van der Waals surface area contributed by atoms with Crippen molar-refractivity contribution in [3.05, 3.63) is 30.1 Å². The van der Waals surface area contributed by atoms with Crippen LogP contribution in [0.3, 0.4) is 0 Å². The van der Waals surface area contributed by atoms with E-state index in [9.17, 15) is 13.2 Å². The molecule has 7 nitrogen and oxygen atoms in total. The van der Waals surface area contributed by atoms with Crippen LogP contribution >= 0.6 is 0 Å². The van der Waals surface area contributed by atoms with E-state index in [2.05, 4.69) is 20.5 Å². The number of sulfone groups is 1. The highest BCUT2D eigenvalue weighted by molar-refractivity contribution is 7.91. The van der Waals surface area contributed by atoms with Crippen molar-refractivity contribution < 1.29 is 13.2 Å². The van der Waals surface area contributed by atoms with Gasteiger partial charge in [-0.2, -0.15) is 0 Å². The molecule has 0 spiro atoms. The van der Waals surface area contributed by atoms with Gasteiger partial charge in [-0.15, -0.1) is 10.2 Å². The van der Waals surface area contributed by atoms with Gasteiger partial charge in [0.1, 0.15) is 5.52 Å². The molecule has 2 rings (SSSR count). The van der Waals surface area contributed by atoms with E-state index >= 15 is 0 Å². The fourth-order valence-corrected chi connectivity index (χ4v) is 2.89. The van der Waals surface area contributed by atoms with Gasteiger partial charge in [-0.05, 0) is 19.1 Å². The van der Waals surface area contributed by atoms with Crippen LogP contribution in [0.2, 0.25) is 0 Å². The smallest absolute Gasteiger partial charge is 0.291 e. The maximum Gasteiger partial charge on any atom is 0.291 e. The molecule has 1 atom stereocenters. The third kappa shape index (κ3) is 3.94. The quantitative estimate of drug-likeness (QED) is 0.866. The minimum absolute atomic E-state index is 0.0429. The van der Waals surface area contributed by atoms with Crippen molar-refractivity contribution in [1.29, 1.82) is 0 Å². The van der Waals surface area contributed by atoms with Crippen LogP contribution in [-0.4, -0.2) is 47.1 Å². The number of carbonyl (C=O) groups is 1. The predicted molar refractivity (Wildman–Crippen MR) is 78.6 cm³/mol. The van der Waals surface area contributed by atoms with Gasteiger partial charge in [-0.3, -0.25) is 4.79 Å². The maximum atomic E-state index is 12.0. The molecule has 21 heavy (non-hydrogen) atoms. The average Bonchev–Trinajstić information content (AvgIpc) is 2.46. The fraction of sp³-hybridized carbons (Fsp3) is 0.385. The molecule has 0 radical (unpaired) electrons. The number of benzene rings is 1. The first-order valence-corrected chi connectivity index (χ1v) is 8.34. The number of rotatable bonds is 5. The first-order valence-electron chi connectivity index (χ1n) is 6.52. The van der Waals surface area contributed by atoms with Crippen molar-refractivity contribution in [2.75, 3.05) is 11.5 Å². The van der Waals surface area contributed by atoms with E-state index in [1.165, 1.54) is 0 Å². The second-order valence-electron chi connectivity index (χ2n) is 4.70. The number of nitrogens with one attached hydrogen (secondary N) is 1. The Labute approximate surface area is 122 Å². The molecule has 2 aromatic rings. The fourth-order valence-electron chi connectivity index (χ4n) is 1.81. The largest absolute Gasteiger partial charge is 0.346 e. The standard InChI is InChI=1S/C13H16N4O3S/c1-3-21(19,20)8-9(2)14-13(18)12-15-10-6-4-5-7-11(10)16-17-12/h4-7,9H,3,8H2,1-2H3,(H,14,18)/t9-/m0/s1. The van der Waals surface area contributed by atoms with Crippen molar-refractivity contribution in [2.24, 2.45) is 0 Å². The summed E-state index contributed by atoms with van der Waals surface area (Å²) < 4.78 is 23.0. The lowest BCUT2D eigenvalue weighted by atomic mass is 10.3. The minimum Gasteiger partial charge on any atom is -0.346 e. The summed E-state index contributed by atoms with van der Waals surface area (Å²) in [6.45, 7) is 3.19. The Morgan fingerprint density at radius 2 is 1.90 bits per heavy atom. The van der Waals surface area contributed by atoms with Gasteiger partial charge in [-0.1, -0.05) is 19.1 Å². The Kier molecular flexibility index (Phi) is 4.46. The molecule has 0 aliphatic rings. The van der Waals surface area contributed by atoms with E-state index in [4.69, 9.17) is 0 Å². The molecule has 0 bridgehead atoms. The number of hydrogen-bond donors (Lipinski definition) is 1. The molecule has 1 aromatic heterocycles. The Bertz CT molecular complexity index is 761. The van der Waals surface area contributed by atoms with E-state index in [-0.39, 0.29) is 17.3 Å². The molecule has 8 heteroatoms. The van der Waals surface area contributed by atoms with Crippen LogP contribution in [-0.2, 0) is 9.84 Å². The molecule has 0 aliphatic heterocycles. The number of aromatic nitrogens is 3. The van der Waals surface area contributed by atoms with Gasteiger partial charge >= 0.3 is 0 Å². The summed E-state index contributed by atoms with van der Waals surface area (Å²) in [5.41, 5.74) is 1.15. The first-order chi connectivity index (χ1) is 9.91. The third-order valence-electron chi connectivity index (χ3n) is 2.88. The number of carbonyl (C=O) groups excluding carboxylic acids is 1. The summed E-state index contributed by atoms with van der Waals surface area (Å²) in [6, 6.07) is 6.54. The van der Waals surface area contributed by atoms with Crippen LogP contribution in [0.25, 0.3) is 11.0 Å². The lowest BCUT2D eigenvalue weighted by Gasteiger charge is -2.12. The minimum atomic E-state index is -3.15. The summed E-state index contributed by atoms with van der Waals surface area (Å²) in [4.78, 5) is 16.1. The topological polar surface area (TPSA) is 102 Å². The van der Waals surface area contributed by atoms with Crippen molar-refractivity contribution >= 4 is 26.8 Å². The van der Waals surface area contributed by atoms with Crippen molar-refractivity contribution in [3.63, 3.8) is 0 Å². The number of nitrogens with zero attached hydrogens (tertiary/aromatic N) is 3. The Morgan fingerprint density at radius 1 is 1.24 bits per heavy atom. The molecular weight excluding hydrogens is 292 g/mol. The molecule has 1 aromatic carbocycles. The molecule has 1 N–H and O–H groups in total. The van der Waals surface area contributed by atoms with Crippen molar-refractivity contribution in [1.82, 2.24) is 20.5 Å². The summed E-state index contributed by atoms with van der Waals surface area (Å²) in [6.07, 6.45) is 0. The Morgan fingerprint density at radius 3 is 2.57 bits per heavy atom. The second kappa shape index (κ2) is 6.13. The zero-order chi connectivity index (χ0) is 15.5. The zero-order valence-corrected chi connectivity index (χ0v) is 12.6. The first kappa shape index (κ1) is 15.3. The SMILES string of the molecule is CCS(=O)(=O)C[C@H](C)NC(=O)c1nnc2ccccc2n1. The lowest BCUT2D eigenvalue weighted by molar-refractivity contribution is 0.0932. The second-order valence-corrected chi connectivity index (χ2v) is 7.10. The van der Waals surface area contributed by atoms with Gasteiger partial charge in [0.05, 0.1) is 11.3 Å². The van der Waals surface area contributed by atoms with E-state index in [1.54, 1.807) is 38.1 Å². The third-order valence-corrected chi connectivity index (χ3v) is 4.77. The van der Waals surface area contributed by atoms with Crippen LogP contribution in [0, 0.1) is 0 Å². The Hall–Kier alpha value is -2.09. The molecule has 0 saturated carbocycles. The number of para-hydroxylation sites is 1. The summed E-state index contributed by atoms with van der Waals surface area (Å²) in [7, 11) is -3.15. The highest BCUT2D eigenvalue weighted by atomic mass is 32.2. The average molecular weight is 308 g/mol. The number of fused-ring (bicyclic) bond motifs is 1. The van der Waals surface area contributed by atoms with E-state index < -0.39 is 21.8 Å². The zero-order valence-electron chi connectivity index (χ0n) is 11.8. The monoisotopic (exact) mass is 308 g/mol. The lowest BCUT2D eigenvalue weighted by Crippen LogP contribution is -2.38. The van der Waals surface area contributed by atoms with Crippen LogP contribution in [0.1, 0.15) is 24.5 Å². The molecule has 0 fully saturated rings. The van der Waals surface area contributed by atoms with E-state index in [0.29, 0.717) is 11.0 Å². The summed E-state index contributed by atoms with van der Waals surface area (Å²) in [5, 5.41) is 10.2. The Balaban J connectivity index is 2.11. The van der Waals surface area contributed by atoms with Crippen LogP contribution in [0.15, 0.2) is 24.3 Å². The normalized spacial score (nSPS) is 13.0. The highest BCUT2D eigenvalue weighted by Crippen LogP contribution is 2.06. The van der Waals surface area contributed by atoms with Gasteiger partial charge in [0.25, 0.3) is 5.91 Å². The molecule has 1 heterocycles. The maximum absolute atomic E-state index is 12.0. The number of hydrogen-bond acceptors (Lipinski definition) is 6. The van der Waals surface area contributed by atoms with E-state index in [1.807, 2.05) is 0 Å². The van der Waals surface area contributed by atoms with Gasteiger partial charge < -0.3 is 5.32 Å². The molecule has 1 amide bonds. The van der Waals surface area contributed by atoms with Crippen LogP contribution in [0.5, 0.6) is 0 Å². The molecule has 0 saturated heterocycles. The molecule has 112 valence electrons. The number of amides is 1. The van der Waals surface area contributed by atoms with Crippen LogP contribution in [0.4, 0.5) is 0 Å². The molecule has 0 aliphatic carbocycles. The summed E-state index contributed by atoms with van der Waals surface area (Å²) >= 11 is 0. The van der Waals surface area contributed by atoms with Crippen molar-refractivity contribution in [2.45, 2.75) is 19.9 Å². The van der Waals surface area contributed by atoms with Gasteiger partial charge in [-0.25, -0.2) is 13.4 Å². The van der Waals surface area contributed by atoms with Gasteiger partial charge in [0, 0.05) is 11.8 Å². The van der Waals surface area contributed by atoms with E-state index in [0.717, 1.165) is 0 Å². The molecule has 0 unspecified atom stereocenters. The van der Waals surface area contributed by atoms with Gasteiger partial charge in [0.15, 0.2) is 9.84 Å². The van der Waals surface area contributed by atoms with Crippen LogP contribution < -0.4 is 5.32 Å².